The molecule has 1 aliphatic rings. The van der Waals surface area contributed by atoms with E-state index in [4.69, 9.17) is 4.84 Å². The molecule has 96 valence electrons. The quantitative estimate of drug-likeness (QED) is 0.913. The third-order valence-electron chi connectivity index (χ3n) is 3.57. The molecule has 3 nitrogen and oxygen atoms in total. The molecule has 1 heterocycles. The van der Waals surface area contributed by atoms with Crippen LogP contribution in [0, 0.1) is 0 Å². The highest BCUT2D eigenvalue weighted by Crippen LogP contribution is 2.33. The zero-order chi connectivity index (χ0) is 13.1. The molecule has 2 aromatic rings. The van der Waals surface area contributed by atoms with Gasteiger partial charge in [-0.05, 0) is 17.5 Å². The van der Waals surface area contributed by atoms with E-state index in [-0.39, 0.29) is 5.90 Å². The standard InChI is InChI=1S/C16H15NO2/c18-15-16(12-19-17-15,14-9-5-2-6-10-14)11-13-7-3-1-4-8-13/h1-10H,11-12H2,(H,17,18). The first kappa shape index (κ1) is 11.8. The molecule has 0 fully saturated rings. The average molecular weight is 253 g/mol. The van der Waals surface area contributed by atoms with Crippen molar-refractivity contribution < 1.29 is 9.94 Å². The molecule has 1 atom stereocenters. The predicted octanol–water partition coefficient (Wildman–Crippen LogP) is 3.07. The molecule has 1 aliphatic heterocycles. The van der Waals surface area contributed by atoms with Crippen molar-refractivity contribution in [3.05, 3.63) is 71.8 Å². The Bertz CT molecular complexity index is 580. The van der Waals surface area contributed by atoms with Crippen LogP contribution in [0.25, 0.3) is 0 Å². The van der Waals surface area contributed by atoms with Crippen molar-refractivity contribution in [2.24, 2.45) is 5.16 Å². The fraction of sp³-hybridized carbons (Fsp3) is 0.188. The minimum Gasteiger partial charge on any atom is -0.494 e. The van der Waals surface area contributed by atoms with Gasteiger partial charge in [-0.15, -0.1) is 0 Å². The Labute approximate surface area is 112 Å². The van der Waals surface area contributed by atoms with Gasteiger partial charge >= 0.3 is 0 Å². The number of hydrogen-bond donors (Lipinski definition) is 1. The predicted molar refractivity (Wildman–Crippen MR) is 74.3 cm³/mol. The maximum atomic E-state index is 10.2. The third-order valence-corrected chi connectivity index (χ3v) is 3.57. The molecule has 0 aromatic heterocycles. The molecule has 0 radical (unpaired) electrons. The van der Waals surface area contributed by atoms with Gasteiger partial charge in [-0.25, -0.2) is 0 Å². The van der Waals surface area contributed by atoms with Crippen molar-refractivity contribution >= 4 is 5.90 Å². The van der Waals surface area contributed by atoms with Crippen LogP contribution in [-0.2, 0) is 16.7 Å². The zero-order valence-corrected chi connectivity index (χ0v) is 10.5. The molecule has 0 bridgehead atoms. The highest BCUT2D eigenvalue weighted by Gasteiger charge is 2.43. The van der Waals surface area contributed by atoms with Crippen LogP contribution in [-0.4, -0.2) is 17.6 Å². The van der Waals surface area contributed by atoms with E-state index in [1.807, 2.05) is 48.5 Å². The lowest BCUT2D eigenvalue weighted by atomic mass is 9.76. The number of hydrogen-bond acceptors (Lipinski definition) is 2. The monoisotopic (exact) mass is 253 g/mol. The zero-order valence-electron chi connectivity index (χ0n) is 10.5. The lowest BCUT2D eigenvalue weighted by molar-refractivity contribution is 0.143. The number of nitrogens with zero attached hydrogens (tertiary/aromatic N) is 1. The van der Waals surface area contributed by atoms with E-state index in [0.29, 0.717) is 13.0 Å². The molecule has 0 spiro atoms. The van der Waals surface area contributed by atoms with E-state index >= 15 is 0 Å². The Kier molecular flexibility index (Phi) is 2.95. The number of benzene rings is 2. The minimum absolute atomic E-state index is 0.0579. The van der Waals surface area contributed by atoms with Gasteiger partial charge in [0.1, 0.15) is 12.0 Å². The lowest BCUT2D eigenvalue weighted by Gasteiger charge is -2.26. The summed E-state index contributed by atoms with van der Waals surface area (Å²) < 4.78 is 0. The molecule has 2 aromatic carbocycles. The topological polar surface area (TPSA) is 41.8 Å². The van der Waals surface area contributed by atoms with Crippen LogP contribution in [0.3, 0.4) is 0 Å². The number of rotatable bonds is 3. The van der Waals surface area contributed by atoms with Crippen molar-refractivity contribution in [3.63, 3.8) is 0 Å². The Balaban J connectivity index is 2.02. The van der Waals surface area contributed by atoms with Crippen LogP contribution in [0.1, 0.15) is 11.1 Å². The third kappa shape index (κ3) is 2.08. The summed E-state index contributed by atoms with van der Waals surface area (Å²) in [7, 11) is 0. The van der Waals surface area contributed by atoms with Crippen molar-refractivity contribution in [1.82, 2.24) is 0 Å². The second-order valence-electron chi connectivity index (χ2n) is 4.80. The van der Waals surface area contributed by atoms with Crippen LogP contribution >= 0.6 is 0 Å². The summed E-state index contributed by atoms with van der Waals surface area (Å²) in [6, 6.07) is 20.0. The molecule has 1 unspecified atom stereocenters. The molecule has 3 rings (SSSR count). The summed E-state index contributed by atoms with van der Waals surface area (Å²) in [5, 5.41) is 13.9. The van der Waals surface area contributed by atoms with E-state index < -0.39 is 5.41 Å². The van der Waals surface area contributed by atoms with Crippen molar-refractivity contribution in [1.29, 1.82) is 0 Å². The van der Waals surface area contributed by atoms with Crippen LogP contribution in [0.4, 0.5) is 0 Å². The fourth-order valence-electron chi connectivity index (χ4n) is 2.50. The van der Waals surface area contributed by atoms with Crippen molar-refractivity contribution in [2.75, 3.05) is 6.61 Å². The summed E-state index contributed by atoms with van der Waals surface area (Å²) in [5.41, 5.74) is 1.61. The molecular weight excluding hydrogens is 238 g/mol. The van der Waals surface area contributed by atoms with Crippen LogP contribution in [0.2, 0.25) is 0 Å². The molecule has 0 aliphatic carbocycles. The Morgan fingerprint density at radius 3 is 2.21 bits per heavy atom. The second kappa shape index (κ2) is 4.76. The van der Waals surface area contributed by atoms with E-state index in [1.54, 1.807) is 0 Å². The normalized spacial score (nSPS) is 21.8. The van der Waals surface area contributed by atoms with Gasteiger partial charge in [-0.2, -0.15) is 0 Å². The maximum Gasteiger partial charge on any atom is 0.237 e. The van der Waals surface area contributed by atoms with Gasteiger partial charge in [0, 0.05) is 0 Å². The SMILES string of the molecule is OC1=NOCC1(Cc1ccccc1)c1ccccc1. The number of aliphatic hydroxyl groups excluding tert-OH is 1. The summed E-state index contributed by atoms with van der Waals surface area (Å²) in [5.74, 6) is 0.0579. The van der Waals surface area contributed by atoms with Gasteiger partial charge in [0.15, 0.2) is 0 Å². The molecule has 19 heavy (non-hydrogen) atoms. The van der Waals surface area contributed by atoms with Crippen LogP contribution in [0.15, 0.2) is 65.8 Å². The van der Waals surface area contributed by atoms with Gasteiger partial charge in [-0.3, -0.25) is 0 Å². The largest absolute Gasteiger partial charge is 0.494 e. The maximum absolute atomic E-state index is 10.2. The first-order chi connectivity index (χ1) is 9.31. The highest BCUT2D eigenvalue weighted by molar-refractivity contribution is 5.87. The Hall–Kier alpha value is -2.29. The van der Waals surface area contributed by atoms with Crippen LogP contribution in [0.5, 0.6) is 0 Å². The summed E-state index contributed by atoms with van der Waals surface area (Å²) in [6.07, 6.45) is 0.674. The highest BCUT2D eigenvalue weighted by atomic mass is 16.6. The van der Waals surface area contributed by atoms with Crippen molar-refractivity contribution in [2.45, 2.75) is 11.8 Å². The van der Waals surface area contributed by atoms with E-state index in [9.17, 15) is 5.11 Å². The van der Waals surface area contributed by atoms with Crippen molar-refractivity contribution in [3.8, 4) is 0 Å². The van der Waals surface area contributed by atoms with E-state index in [0.717, 1.165) is 11.1 Å². The number of aliphatic hydroxyl groups is 1. The van der Waals surface area contributed by atoms with Crippen LogP contribution < -0.4 is 0 Å². The van der Waals surface area contributed by atoms with E-state index in [2.05, 4.69) is 17.3 Å². The molecule has 3 heteroatoms. The van der Waals surface area contributed by atoms with E-state index in [1.165, 1.54) is 0 Å². The van der Waals surface area contributed by atoms with Gasteiger partial charge in [0.25, 0.3) is 0 Å². The molecule has 0 amide bonds. The minimum atomic E-state index is -0.567. The smallest absolute Gasteiger partial charge is 0.237 e. The second-order valence-corrected chi connectivity index (χ2v) is 4.80. The molecule has 1 N–H and O–H groups in total. The number of oxime groups is 1. The summed E-state index contributed by atoms with van der Waals surface area (Å²) in [4.78, 5) is 5.14. The Morgan fingerprint density at radius 1 is 1.00 bits per heavy atom. The molecule has 0 saturated carbocycles. The first-order valence-electron chi connectivity index (χ1n) is 6.30. The summed E-state index contributed by atoms with van der Waals surface area (Å²) in [6.45, 7) is 0.373. The summed E-state index contributed by atoms with van der Waals surface area (Å²) >= 11 is 0. The fourth-order valence-corrected chi connectivity index (χ4v) is 2.50. The molecule has 0 saturated heterocycles. The van der Waals surface area contributed by atoms with Gasteiger partial charge in [0.05, 0.1) is 0 Å². The van der Waals surface area contributed by atoms with Gasteiger partial charge < -0.3 is 9.94 Å². The van der Waals surface area contributed by atoms with Gasteiger partial charge in [0.2, 0.25) is 5.90 Å². The lowest BCUT2D eigenvalue weighted by Crippen LogP contribution is -2.38. The molecular formula is C16H15NO2. The average Bonchev–Trinajstić information content (AvgIpc) is 2.83. The Morgan fingerprint density at radius 2 is 1.63 bits per heavy atom. The first-order valence-corrected chi connectivity index (χ1v) is 6.30. The van der Waals surface area contributed by atoms with Gasteiger partial charge in [-0.1, -0.05) is 65.8 Å².